The number of esters is 1. The van der Waals surface area contributed by atoms with E-state index < -0.39 is 14.4 Å². The standard InChI is InChI=1S/C22H31ClN2O4Si/c1-7-27-20(26)19(29-30(5,6)22(2,3)4)14-16-10-8-9-11-18(16)28-15-17-12-13-24-21(23)25-17/h8-13,19H,7,14-15H2,1-6H3/t19-/m0/s1. The van der Waals surface area contributed by atoms with Gasteiger partial charge >= 0.3 is 5.97 Å². The smallest absolute Gasteiger partial charge is 0.334 e. The Kier molecular flexibility index (Phi) is 8.40. The molecular weight excluding hydrogens is 420 g/mol. The lowest BCUT2D eigenvalue weighted by Crippen LogP contribution is -2.47. The van der Waals surface area contributed by atoms with Crippen LogP contribution in [0.25, 0.3) is 0 Å². The first-order chi connectivity index (χ1) is 14.0. The van der Waals surface area contributed by atoms with E-state index in [9.17, 15) is 4.79 Å². The molecule has 2 rings (SSSR count). The van der Waals surface area contributed by atoms with Crippen molar-refractivity contribution in [2.24, 2.45) is 0 Å². The fourth-order valence-electron chi connectivity index (χ4n) is 2.56. The lowest BCUT2D eigenvalue weighted by molar-refractivity contribution is -0.152. The van der Waals surface area contributed by atoms with Crippen LogP contribution in [0.15, 0.2) is 36.5 Å². The molecule has 0 aliphatic rings. The lowest BCUT2D eigenvalue weighted by atomic mass is 10.1. The van der Waals surface area contributed by atoms with Crippen LogP contribution in [0.4, 0.5) is 0 Å². The molecule has 0 fully saturated rings. The molecule has 0 aliphatic heterocycles. The zero-order valence-corrected chi connectivity index (χ0v) is 20.3. The number of carbonyl (C=O) groups excluding carboxylic acids is 1. The minimum absolute atomic E-state index is 0.0277. The maximum atomic E-state index is 12.7. The number of ether oxygens (including phenoxy) is 2. The molecule has 0 radical (unpaired) electrons. The van der Waals surface area contributed by atoms with Gasteiger partial charge in [0.1, 0.15) is 18.5 Å². The predicted octanol–water partition coefficient (Wildman–Crippen LogP) is 5.21. The SMILES string of the molecule is CCOC(=O)[C@H](Cc1ccccc1OCc1ccnc(Cl)n1)O[Si](C)(C)C(C)(C)C. The molecule has 1 aromatic heterocycles. The number of rotatable bonds is 9. The Morgan fingerprint density at radius 3 is 2.53 bits per heavy atom. The second-order valence-electron chi connectivity index (χ2n) is 8.54. The van der Waals surface area contributed by atoms with Crippen LogP contribution in [-0.4, -0.2) is 37.0 Å². The highest BCUT2D eigenvalue weighted by atomic mass is 35.5. The van der Waals surface area contributed by atoms with Gasteiger partial charge in [0.2, 0.25) is 5.28 Å². The molecule has 0 saturated heterocycles. The molecule has 0 bridgehead atoms. The molecule has 0 spiro atoms. The third-order valence-corrected chi connectivity index (χ3v) is 9.90. The Morgan fingerprint density at radius 2 is 1.90 bits per heavy atom. The summed E-state index contributed by atoms with van der Waals surface area (Å²) in [5, 5.41) is 0.148. The van der Waals surface area contributed by atoms with Crippen molar-refractivity contribution in [2.45, 2.75) is 65.0 Å². The van der Waals surface area contributed by atoms with Gasteiger partial charge in [-0.05, 0) is 54.4 Å². The minimum Gasteiger partial charge on any atom is -0.487 e. The Balaban J connectivity index is 2.21. The summed E-state index contributed by atoms with van der Waals surface area (Å²) < 4.78 is 17.7. The summed E-state index contributed by atoms with van der Waals surface area (Å²) in [7, 11) is -2.18. The maximum Gasteiger partial charge on any atom is 0.334 e. The van der Waals surface area contributed by atoms with Gasteiger partial charge in [-0.1, -0.05) is 39.0 Å². The third kappa shape index (κ3) is 6.79. The molecule has 2 aromatic rings. The molecular formula is C22H31ClN2O4Si. The Morgan fingerprint density at radius 1 is 1.20 bits per heavy atom. The van der Waals surface area contributed by atoms with E-state index in [-0.39, 0.29) is 22.9 Å². The van der Waals surface area contributed by atoms with Crippen LogP contribution < -0.4 is 4.74 Å². The fourth-order valence-corrected chi connectivity index (χ4v) is 3.96. The van der Waals surface area contributed by atoms with Crippen LogP contribution in [0, 0.1) is 0 Å². The number of nitrogens with zero attached hydrogens (tertiary/aromatic N) is 2. The fraction of sp³-hybridized carbons (Fsp3) is 0.500. The normalized spacial score (nSPS) is 13.0. The van der Waals surface area contributed by atoms with Crippen molar-refractivity contribution in [3.8, 4) is 5.75 Å². The molecule has 0 unspecified atom stereocenters. The number of carbonyl (C=O) groups is 1. The topological polar surface area (TPSA) is 70.5 Å². The number of benzene rings is 1. The van der Waals surface area contributed by atoms with Crippen molar-refractivity contribution in [1.82, 2.24) is 9.97 Å². The highest BCUT2D eigenvalue weighted by Crippen LogP contribution is 2.38. The van der Waals surface area contributed by atoms with E-state index in [0.717, 1.165) is 5.56 Å². The van der Waals surface area contributed by atoms with Gasteiger partial charge in [-0.15, -0.1) is 0 Å². The van der Waals surface area contributed by atoms with Crippen molar-refractivity contribution in [2.75, 3.05) is 6.61 Å². The first-order valence-corrected chi connectivity index (χ1v) is 13.3. The summed E-state index contributed by atoms with van der Waals surface area (Å²) in [4.78, 5) is 20.7. The number of para-hydroxylation sites is 1. The quantitative estimate of drug-likeness (QED) is 0.297. The van der Waals surface area contributed by atoms with E-state index in [0.29, 0.717) is 24.5 Å². The summed E-state index contributed by atoms with van der Waals surface area (Å²) >= 11 is 5.85. The van der Waals surface area contributed by atoms with Gasteiger partial charge in [0.25, 0.3) is 0 Å². The van der Waals surface area contributed by atoms with Crippen LogP contribution in [0.3, 0.4) is 0 Å². The Labute approximate surface area is 185 Å². The molecule has 0 amide bonds. The number of hydrogen-bond donors (Lipinski definition) is 0. The largest absolute Gasteiger partial charge is 0.487 e. The van der Waals surface area contributed by atoms with Crippen LogP contribution in [0.5, 0.6) is 5.75 Å². The van der Waals surface area contributed by atoms with Crippen molar-refractivity contribution >= 4 is 25.9 Å². The van der Waals surface area contributed by atoms with E-state index in [1.807, 2.05) is 24.3 Å². The maximum absolute atomic E-state index is 12.7. The first kappa shape index (κ1) is 24.3. The summed E-state index contributed by atoms with van der Waals surface area (Å²) in [5.41, 5.74) is 1.54. The van der Waals surface area contributed by atoms with Gasteiger partial charge in [0.15, 0.2) is 8.32 Å². The molecule has 1 atom stereocenters. The van der Waals surface area contributed by atoms with Gasteiger partial charge in [0.05, 0.1) is 12.3 Å². The predicted molar refractivity (Wildman–Crippen MR) is 120 cm³/mol. The van der Waals surface area contributed by atoms with Gasteiger partial charge < -0.3 is 13.9 Å². The Hall–Kier alpha value is -1.96. The molecule has 6 nitrogen and oxygen atoms in total. The van der Waals surface area contributed by atoms with Crippen molar-refractivity contribution < 1.29 is 18.7 Å². The summed E-state index contributed by atoms with van der Waals surface area (Å²) in [6.45, 7) is 13.0. The van der Waals surface area contributed by atoms with Crippen molar-refractivity contribution in [3.05, 3.63) is 53.1 Å². The number of halogens is 1. The van der Waals surface area contributed by atoms with E-state index in [2.05, 4.69) is 43.8 Å². The van der Waals surface area contributed by atoms with Crippen molar-refractivity contribution in [3.63, 3.8) is 0 Å². The van der Waals surface area contributed by atoms with E-state index >= 15 is 0 Å². The van der Waals surface area contributed by atoms with Crippen LogP contribution in [0.2, 0.25) is 23.4 Å². The van der Waals surface area contributed by atoms with E-state index in [4.69, 9.17) is 25.5 Å². The first-order valence-electron chi connectivity index (χ1n) is 10.1. The molecule has 30 heavy (non-hydrogen) atoms. The van der Waals surface area contributed by atoms with Crippen LogP contribution in [-0.2, 0) is 27.0 Å². The molecule has 0 aliphatic carbocycles. The molecule has 0 saturated carbocycles. The van der Waals surface area contributed by atoms with Gasteiger partial charge in [-0.25, -0.2) is 14.8 Å². The average Bonchev–Trinajstić information content (AvgIpc) is 2.66. The molecule has 164 valence electrons. The highest BCUT2D eigenvalue weighted by Gasteiger charge is 2.41. The number of hydrogen-bond acceptors (Lipinski definition) is 6. The molecule has 8 heteroatoms. The van der Waals surface area contributed by atoms with E-state index in [1.54, 1.807) is 19.2 Å². The second kappa shape index (κ2) is 10.4. The summed E-state index contributed by atoms with van der Waals surface area (Å²) in [5.74, 6) is 0.320. The third-order valence-electron chi connectivity index (χ3n) is 5.23. The highest BCUT2D eigenvalue weighted by molar-refractivity contribution is 6.74. The minimum atomic E-state index is -2.18. The average molecular weight is 451 g/mol. The zero-order valence-electron chi connectivity index (χ0n) is 18.6. The summed E-state index contributed by atoms with van der Waals surface area (Å²) in [6, 6.07) is 9.35. The van der Waals surface area contributed by atoms with Crippen molar-refractivity contribution in [1.29, 1.82) is 0 Å². The van der Waals surface area contributed by atoms with Gasteiger partial charge in [-0.2, -0.15) is 0 Å². The van der Waals surface area contributed by atoms with Gasteiger partial charge in [0, 0.05) is 12.6 Å². The molecule has 1 heterocycles. The van der Waals surface area contributed by atoms with Crippen LogP contribution >= 0.6 is 11.6 Å². The molecule has 0 N–H and O–H groups in total. The van der Waals surface area contributed by atoms with Gasteiger partial charge in [-0.3, -0.25) is 0 Å². The molecule has 1 aromatic carbocycles. The number of aromatic nitrogens is 2. The van der Waals surface area contributed by atoms with E-state index in [1.165, 1.54) is 0 Å². The Bertz CT molecular complexity index is 855. The zero-order chi connectivity index (χ0) is 22.4. The second-order valence-corrected chi connectivity index (χ2v) is 13.6. The lowest BCUT2D eigenvalue weighted by Gasteiger charge is -2.38. The van der Waals surface area contributed by atoms with Crippen LogP contribution in [0.1, 0.15) is 39.0 Å². The summed E-state index contributed by atoms with van der Waals surface area (Å²) in [6.07, 6.45) is 1.26. The monoisotopic (exact) mass is 450 g/mol.